The number of fused-ring (bicyclic) bond motifs is 1. The predicted octanol–water partition coefficient (Wildman–Crippen LogP) is 6.41. The van der Waals surface area contributed by atoms with E-state index in [1.54, 1.807) is 59.7 Å². The zero-order chi connectivity index (χ0) is 28.7. The number of amides is 3. The lowest BCUT2D eigenvalue weighted by Crippen LogP contribution is -2.41. The molecule has 0 saturated carbocycles. The Labute approximate surface area is 234 Å². The first-order valence-electron chi connectivity index (χ1n) is 12.2. The summed E-state index contributed by atoms with van der Waals surface area (Å²) in [5.74, 6) is -1.24. The average molecular weight is 597 g/mol. The van der Waals surface area contributed by atoms with E-state index in [2.05, 4.69) is 15.9 Å². The van der Waals surface area contributed by atoms with Crippen molar-refractivity contribution in [3.63, 3.8) is 0 Å². The van der Waals surface area contributed by atoms with Crippen LogP contribution in [0.2, 0.25) is 0 Å². The Morgan fingerprint density at radius 2 is 1.46 bits per heavy atom. The molecule has 2 aromatic carbocycles. The molecule has 0 N–H and O–H groups in total. The number of nitrogens with zero attached hydrogens (tertiary/aromatic N) is 2. The second-order valence-corrected chi connectivity index (χ2v) is 11.8. The molecular formula is C29H29BrN2O7. The van der Waals surface area contributed by atoms with E-state index in [9.17, 15) is 19.2 Å². The molecule has 0 spiro atoms. The van der Waals surface area contributed by atoms with Gasteiger partial charge in [0.05, 0.1) is 15.6 Å². The Morgan fingerprint density at radius 1 is 0.846 bits per heavy atom. The molecule has 10 heteroatoms. The Kier molecular flexibility index (Phi) is 7.44. The van der Waals surface area contributed by atoms with Gasteiger partial charge in [-0.3, -0.25) is 14.2 Å². The summed E-state index contributed by atoms with van der Waals surface area (Å²) in [5, 5.41) is 0.479. The van der Waals surface area contributed by atoms with E-state index in [0.717, 1.165) is 5.56 Å². The Bertz CT molecular complexity index is 1510. The number of hydrogen-bond acceptors (Lipinski definition) is 7. The summed E-state index contributed by atoms with van der Waals surface area (Å²) in [7, 11) is 0. The first kappa shape index (κ1) is 28.1. The van der Waals surface area contributed by atoms with Crippen molar-refractivity contribution < 1.29 is 33.4 Å². The van der Waals surface area contributed by atoms with Gasteiger partial charge in [0.1, 0.15) is 23.6 Å². The topological polar surface area (TPSA) is 104 Å². The fraction of sp³-hybridized carbons (Fsp3) is 0.310. The van der Waals surface area contributed by atoms with Crippen molar-refractivity contribution in [2.75, 3.05) is 0 Å². The van der Waals surface area contributed by atoms with Crippen LogP contribution in [-0.4, -0.2) is 44.7 Å². The maximum Gasteiger partial charge on any atom is 0.424 e. The molecule has 0 radical (unpaired) electrons. The van der Waals surface area contributed by atoms with Gasteiger partial charge in [0, 0.05) is 23.2 Å². The van der Waals surface area contributed by atoms with Crippen LogP contribution in [0.4, 0.5) is 9.59 Å². The van der Waals surface area contributed by atoms with E-state index in [-0.39, 0.29) is 15.6 Å². The molecule has 0 saturated heterocycles. The van der Waals surface area contributed by atoms with Gasteiger partial charge in [0.2, 0.25) is 0 Å². The van der Waals surface area contributed by atoms with Crippen molar-refractivity contribution in [2.24, 2.45) is 0 Å². The molecule has 4 rings (SSSR count). The first-order valence-corrected chi connectivity index (χ1v) is 13.0. The number of imide groups is 3. The maximum atomic E-state index is 13.4. The second-order valence-electron chi connectivity index (χ2n) is 11.0. The van der Waals surface area contributed by atoms with Gasteiger partial charge in [-0.25, -0.2) is 9.59 Å². The van der Waals surface area contributed by atoms with Crippen LogP contribution in [0.25, 0.3) is 16.5 Å². The summed E-state index contributed by atoms with van der Waals surface area (Å²) >= 11 is 3.19. The zero-order valence-electron chi connectivity index (χ0n) is 22.5. The monoisotopic (exact) mass is 596 g/mol. The number of carbonyl (C=O) groups is 4. The highest BCUT2D eigenvalue weighted by Crippen LogP contribution is 2.39. The van der Waals surface area contributed by atoms with E-state index in [4.69, 9.17) is 14.2 Å². The lowest BCUT2D eigenvalue weighted by atomic mass is 10.1. The molecule has 0 aliphatic carbocycles. The molecule has 1 aliphatic rings. The highest BCUT2D eigenvalue weighted by atomic mass is 79.9. The molecule has 0 unspecified atom stereocenters. The standard InChI is InChI=1S/C29H29BrN2O7/c1-28(2,3)38-26(35)31-15-20(22-23(30)25(34)32(24(22)33)27(36)39-29(4,5)6)19-13-12-18(14-21(19)31)37-16-17-10-8-7-9-11-17/h7-15H,16H2,1-6H3. The van der Waals surface area contributed by atoms with E-state index in [1.165, 1.54) is 10.8 Å². The van der Waals surface area contributed by atoms with Crippen LogP contribution in [0.15, 0.2) is 59.2 Å². The summed E-state index contributed by atoms with van der Waals surface area (Å²) in [4.78, 5) is 52.7. The molecule has 1 aliphatic heterocycles. The van der Waals surface area contributed by atoms with Gasteiger partial charge < -0.3 is 14.2 Å². The number of hydrogen-bond donors (Lipinski definition) is 0. The third-order valence-electron chi connectivity index (χ3n) is 5.49. The molecule has 0 fully saturated rings. The fourth-order valence-electron chi connectivity index (χ4n) is 3.91. The number of halogens is 1. The number of ether oxygens (including phenoxy) is 3. The minimum absolute atomic E-state index is 0.0730. The third kappa shape index (κ3) is 6.06. The smallest absolute Gasteiger partial charge is 0.424 e. The SMILES string of the molecule is CC(C)(C)OC(=O)N1C(=O)C(Br)=C(c2cn(C(=O)OC(C)(C)C)c3cc(OCc4ccccc4)ccc23)C1=O. The molecule has 9 nitrogen and oxygen atoms in total. The van der Waals surface area contributed by atoms with Crippen LogP contribution in [-0.2, 0) is 25.7 Å². The summed E-state index contributed by atoms with van der Waals surface area (Å²) in [6.07, 6.45) is -0.353. The van der Waals surface area contributed by atoms with Crippen molar-refractivity contribution in [1.29, 1.82) is 0 Å². The second kappa shape index (κ2) is 10.3. The van der Waals surface area contributed by atoms with E-state index < -0.39 is 35.2 Å². The molecule has 0 atom stereocenters. The van der Waals surface area contributed by atoms with Crippen molar-refractivity contribution in [3.05, 3.63) is 70.3 Å². The van der Waals surface area contributed by atoms with Gasteiger partial charge in [0.25, 0.3) is 11.8 Å². The van der Waals surface area contributed by atoms with Crippen LogP contribution in [0, 0.1) is 0 Å². The van der Waals surface area contributed by atoms with Gasteiger partial charge in [-0.05, 0) is 75.2 Å². The van der Waals surface area contributed by atoms with Crippen molar-refractivity contribution in [2.45, 2.75) is 59.4 Å². The molecule has 3 amide bonds. The van der Waals surface area contributed by atoms with Crippen molar-refractivity contribution >= 4 is 56.4 Å². The normalized spacial score (nSPS) is 14.3. The largest absolute Gasteiger partial charge is 0.489 e. The minimum atomic E-state index is -1.09. The summed E-state index contributed by atoms with van der Waals surface area (Å²) < 4.78 is 17.9. The lowest BCUT2D eigenvalue weighted by Gasteiger charge is -2.22. The van der Waals surface area contributed by atoms with Gasteiger partial charge in [-0.2, -0.15) is 4.90 Å². The molecule has 39 heavy (non-hydrogen) atoms. The average Bonchev–Trinajstić information content (AvgIpc) is 3.30. The molecule has 1 aromatic heterocycles. The zero-order valence-corrected chi connectivity index (χ0v) is 24.1. The quantitative estimate of drug-likeness (QED) is 0.320. The highest BCUT2D eigenvalue weighted by molar-refractivity contribution is 9.12. The fourth-order valence-corrected chi connectivity index (χ4v) is 4.47. The molecule has 3 aromatic rings. The van der Waals surface area contributed by atoms with E-state index in [0.29, 0.717) is 28.2 Å². The van der Waals surface area contributed by atoms with Crippen LogP contribution < -0.4 is 4.74 Å². The number of benzene rings is 2. The number of aromatic nitrogens is 1. The Morgan fingerprint density at radius 3 is 2.08 bits per heavy atom. The van der Waals surface area contributed by atoms with Crippen LogP contribution in [0.5, 0.6) is 5.75 Å². The van der Waals surface area contributed by atoms with E-state index in [1.807, 2.05) is 30.3 Å². The molecule has 2 heterocycles. The Hall–Kier alpha value is -3.92. The summed E-state index contributed by atoms with van der Waals surface area (Å²) in [6.45, 7) is 10.4. The minimum Gasteiger partial charge on any atom is -0.489 e. The van der Waals surface area contributed by atoms with Gasteiger partial charge in [-0.15, -0.1) is 0 Å². The van der Waals surface area contributed by atoms with Crippen LogP contribution in [0.3, 0.4) is 0 Å². The third-order valence-corrected chi connectivity index (χ3v) is 6.22. The first-order chi connectivity index (χ1) is 18.2. The molecule has 0 bridgehead atoms. The van der Waals surface area contributed by atoms with E-state index >= 15 is 0 Å². The van der Waals surface area contributed by atoms with Gasteiger partial charge in [-0.1, -0.05) is 30.3 Å². The Balaban J connectivity index is 1.78. The molecule has 204 valence electrons. The van der Waals surface area contributed by atoms with Crippen LogP contribution >= 0.6 is 15.9 Å². The molecular weight excluding hydrogens is 568 g/mol. The van der Waals surface area contributed by atoms with Crippen molar-refractivity contribution in [1.82, 2.24) is 9.47 Å². The lowest BCUT2D eigenvalue weighted by molar-refractivity contribution is -0.135. The van der Waals surface area contributed by atoms with Crippen molar-refractivity contribution in [3.8, 4) is 5.75 Å². The number of carbonyl (C=O) groups excluding carboxylic acids is 4. The number of rotatable bonds is 4. The van der Waals surface area contributed by atoms with Gasteiger partial charge in [0.15, 0.2) is 0 Å². The van der Waals surface area contributed by atoms with Crippen LogP contribution in [0.1, 0.15) is 52.7 Å². The van der Waals surface area contributed by atoms with Gasteiger partial charge >= 0.3 is 12.2 Å². The predicted molar refractivity (Wildman–Crippen MR) is 148 cm³/mol. The maximum absolute atomic E-state index is 13.4. The highest BCUT2D eigenvalue weighted by Gasteiger charge is 2.45. The summed E-state index contributed by atoms with van der Waals surface area (Å²) in [6, 6.07) is 14.7. The summed E-state index contributed by atoms with van der Waals surface area (Å²) in [5.41, 5.74) is -0.156.